The third kappa shape index (κ3) is 65.7. The molecule has 0 aromatic carbocycles. The lowest BCUT2D eigenvalue weighted by molar-refractivity contribution is -0.161. The number of esters is 4. The second-order valence-electron chi connectivity index (χ2n) is 24.9. The van der Waals surface area contributed by atoms with Gasteiger partial charge in [-0.3, -0.25) is 37.3 Å². The van der Waals surface area contributed by atoms with E-state index in [-0.39, 0.29) is 25.7 Å². The summed E-state index contributed by atoms with van der Waals surface area (Å²) in [7, 11) is -9.93. The van der Waals surface area contributed by atoms with E-state index in [0.29, 0.717) is 25.7 Å². The number of hydrogen-bond acceptors (Lipinski definition) is 15. The van der Waals surface area contributed by atoms with Crippen molar-refractivity contribution >= 4 is 39.5 Å². The normalized spacial score (nSPS) is 14.3. The molecule has 0 saturated carbocycles. The van der Waals surface area contributed by atoms with Gasteiger partial charge in [-0.05, 0) is 103 Å². The van der Waals surface area contributed by atoms with Gasteiger partial charge >= 0.3 is 39.5 Å². The largest absolute Gasteiger partial charge is 0.472 e. The average Bonchev–Trinajstić information content (AvgIpc) is 3.63. The van der Waals surface area contributed by atoms with Crippen LogP contribution >= 0.6 is 15.6 Å². The predicted octanol–water partition coefficient (Wildman–Crippen LogP) is 20.6. The Morgan fingerprint density at radius 2 is 0.554 bits per heavy atom. The monoisotopic (exact) mass is 1340 g/mol. The lowest BCUT2D eigenvalue weighted by Crippen LogP contribution is -2.30. The molecule has 0 amide bonds. The number of rotatable bonds is 70. The molecule has 0 bridgehead atoms. The number of carbonyl (C=O) groups is 4. The Kier molecular flexibility index (Phi) is 64.5. The van der Waals surface area contributed by atoms with Gasteiger partial charge in [0.2, 0.25) is 0 Å². The van der Waals surface area contributed by atoms with Gasteiger partial charge in [0.05, 0.1) is 26.4 Å². The zero-order valence-electron chi connectivity index (χ0n) is 58.5. The van der Waals surface area contributed by atoms with Crippen molar-refractivity contribution in [3.05, 3.63) is 48.6 Å². The minimum absolute atomic E-state index is 0.0880. The fraction of sp³-hybridized carbons (Fsp3) is 0.836. The molecule has 5 unspecified atom stereocenters. The summed E-state index contributed by atoms with van der Waals surface area (Å²) < 4.78 is 68.3. The molecule has 5 atom stereocenters. The van der Waals surface area contributed by atoms with Crippen molar-refractivity contribution in [1.82, 2.24) is 0 Å². The lowest BCUT2D eigenvalue weighted by Gasteiger charge is -2.21. The topological polar surface area (TPSA) is 237 Å². The molecular weight excluding hydrogens is 1210 g/mol. The van der Waals surface area contributed by atoms with Gasteiger partial charge < -0.3 is 33.8 Å². The summed E-state index contributed by atoms with van der Waals surface area (Å²) in [6.07, 6.45) is 61.1. The van der Waals surface area contributed by atoms with Crippen molar-refractivity contribution in [2.75, 3.05) is 39.6 Å². The third-order valence-electron chi connectivity index (χ3n) is 15.7. The Balaban J connectivity index is 5.32. The van der Waals surface area contributed by atoms with Crippen LogP contribution in [0.3, 0.4) is 0 Å². The maximum absolute atomic E-state index is 13.0. The first-order chi connectivity index (χ1) is 44.7. The van der Waals surface area contributed by atoms with Gasteiger partial charge in [-0.1, -0.05) is 256 Å². The zero-order chi connectivity index (χ0) is 67.5. The van der Waals surface area contributed by atoms with E-state index in [1.807, 2.05) is 0 Å². The molecule has 0 aromatic rings. The Bertz CT molecular complexity index is 1940. The van der Waals surface area contributed by atoms with Crippen LogP contribution in [0, 0.1) is 0 Å². The minimum atomic E-state index is -4.96. The van der Waals surface area contributed by atoms with Gasteiger partial charge in [0.15, 0.2) is 12.2 Å². The summed E-state index contributed by atoms with van der Waals surface area (Å²) in [5.41, 5.74) is 0. The minimum Gasteiger partial charge on any atom is -0.462 e. The summed E-state index contributed by atoms with van der Waals surface area (Å²) in [5, 5.41) is 10.6. The lowest BCUT2D eigenvalue weighted by atomic mass is 10.0. The Morgan fingerprint density at radius 1 is 0.304 bits per heavy atom. The summed E-state index contributed by atoms with van der Waals surface area (Å²) >= 11 is 0. The van der Waals surface area contributed by atoms with Gasteiger partial charge in [-0.25, -0.2) is 9.13 Å². The zero-order valence-corrected chi connectivity index (χ0v) is 60.3. The first-order valence-electron chi connectivity index (χ1n) is 36.9. The second-order valence-corrected chi connectivity index (χ2v) is 27.8. The van der Waals surface area contributed by atoms with Gasteiger partial charge in [0.25, 0.3) is 0 Å². The molecule has 17 nitrogen and oxygen atoms in total. The van der Waals surface area contributed by atoms with Crippen LogP contribution in [0.1, 0.15) is 336 Å². The van der Waals surface area contributed by atoms with E-state index >= 15 is 0 Å². The highest BCUT2D eigenvalue weighted by Crippen LogP contribution is 2.45. The number of aliphatic hydroxyl groups is 1. The maximum Gasteiger partial charge on any atom is 0.472 e. The molecule has 0 rings (SSSR count). The summed E-state index contributed by atoms with van der Waals surface area (Å²) in [6, 6.07) is 0. The van der Waals surface area contributed by atoms with Gasteiger partial charge in [-0.15, -0.1) is 0 Å². The molecule has 19 heteroatoms. The van der Waals surface area contributed by atoms with Crippen molar-refractivity contribution in [1.29, 1.82) is 0 Å². The van der Waals surface area contributed by atoms with Crippen LogP contribution in [0.5, 0.6) is 0 Å². The average molecular weight is 1350 g/mol. The van der Waals surface area contributed by atoms with Crippen molar-refractivity contribution < 1.29 is 80.2 Å². The number of carbonyl (C=O) groups excluding carboxylic acids is 4. The van der Waals surface area contributed by atoms with E-state index in [0.717, 1.165) is 154 Å². The highest BCUT2D eigenvalue weighted by Gasteiger charge is 2.30. The third-order valence-corrected chi connectivity index (χ3v) is 17.6. The fourth-order valence-corrected chi connectivity index (χ4v) is 11.7. The molecule has 0 fully saturated rings. The molecular formula is C73H134O17P2. The highest BCUT2D eigenvalue weighted by atomic mass is 31.2. The first kappa shape index (κ1) is 89.0. The van der Waals surface area contributed by atoms with Gasteiger partial charge in [-0.2, -0.15) is 0 Å². The van der Waals surface area contributed by atoms with Crippen molar-refractivity contribution in [3.63, 3.8) is 0 Å². The van der Waals surface area contributed by atoms with E-state index in [2.05, 4.69) is 76.3 Å². The van der Waals surface area contributed by atoms with Crippen LogP contribution in [0.15, 0.2) is 48.6 Å². The van der Waals surface area contributed by atoms with Crippen LogP contribution in [-0.4, -0.2) is 96.7 Å². The molecule has 0 heterocycles. The van der Waals surface area contributed by atoms with E-state index in [1.54, 1.807) is 0 Å². The predicted molar refractivity (Wildman–Crippen MR) is 372 cm³/mol. The number of hydrogen-bond donors (Lipinski definition) is 3. The molecule has 0 saturated heterocycles. The molecule has 3 N–H and O–H groups in total. The van der Waals surface area contributed by atoms with Gasteiger partial charge in [0, 0.05) is 25.7 Å². The quantitative estimate of drug-likeness (QED) is 0.0169. The molecule has 538 valence electrons. The molecule has 0 aliphatic carbocycles. The van der Waals surface area contributed by atoms with Crippen LogP contribution in [-0.2, 0) is 65.4 Å². The maximum atomic E-state index is 13.0. The summed E-state index contributed by atoms with van der Waals surface area (Å²) in [4.78, 5) is 72.6. The first-order valence-corrected chi connectivity index (χ1v) is 39.9. The van der Waals surface area contributed by atoms with Crippen LogP contribution in [0.4, 0.5) is 0 Å². The number of ether oxygens (including phenoxy) is 4. The van der Waals surface area contributed by atoms with E-state index in [1.165, 1.54) is 103 Å². The molecule has 0 radical (unpaired) electrons. The SMILES string of the molecule is CCC/C=C\C/C=C\CCCCCCCC(=O)OCC(COP(=O)(O)OCC(O)COP(=O)(O)OCC(COC(=O)CCCCCCC/C=C\CCCCCC)OC(=O)CCCCCCC/C=C\CCCCCC)OC(=O)CCCCCCCCCCCCCCC. The van der Waals surface area contributed by atoms with E-state index in [9.17, 15) is 43.2 Å². The summed E-state index contributed by atoms with van der Waals surface area (Å²) in [5.74, 6) is -2.18. The molecule has 0 aliphatic heterocycles. The standard InChI is InChI=1S/C73H134O17P2/c1-5-9-13-17-21-25-29-33-37-41-45-49-53-57-70(75)83-63-68(89-72(77)59-55-51-47-43-39-35-31-27-23-19-15-11-7-3)65-87-91(79,80)85-61-67(74)62-86-92(81,82)88-66-69(90-73(78)60-56-52-48-44-40-36-32-28-24-20-16-12-8-4)64-84-71(76)58-54-50-46-42-38-34-30-26-22-18-14-10-6-2/h13,17,25-26,28-30,32,67-69,74H,5-12,14-16,18-24,27,31,33-66H2,1-4H3,(H,79,80)(H,81,82)/b17-13-,29-25-,30-26-,32-28-. The molecule has 92 heavy (non-hydrogen) atoms. The van der Waals surface area contributed by atoms with E-state index in [4.69, 9.17) is 37.0 Å². The van der Waals surface area contributed by atoms with Crippen LogP contribution in [0.2, 0.25) is 0 Å². The van der Waals surface area contributed by atoms with Crippen molar-refractivity contribution in [2.45, 2.75) is 354 Å². The molecule has 0 aromatic heterocycles. The van der Waals surface area contributed by atoms with Crippen LogP contribution < -0.4 is 0 Å². The Hall–Kier alpha value is -2.98. The summed E-state index contributed by atoms with van der Waals surface area (Å²) in [6.45, 7) is 4.78. The number of phosphoric acid groups is 2. The Morgan fingerprint density at radius 3 is 0.870 bits per heavy atom. The molecule has 0 aliphatic rings. The van der Waals surface area contributed by atoms with Crippen molar-refractivity contribution in [2.24, 2.45) is 0 Å². The highest BCUT2D eigenvalue weighted by molar-refractivity contribution is 7.47. The van der Waals surface area contributed by atoms with Crippen LogP contribution in [0.25, 0.3) is 0 Å². The smallest absolute Gasteiger partial charge is 0.462 e. The molecule has 0 spiro atoms. The number of allylic oxidation sites excluding steroid dienone is 8. The van der Waals surface area contributed by atoms with E-state index < -0.39 is 97.5 Å². The fourth-order valence-electron chi connectivity index (χ4n) is 10.1. The van der Waals surface area contributed by atoms with Gasteiger partial charge in [0.1, 0.15) is 19.3 Å². The Labute approximate surface area is 559 Å². The number of unbranched alkanes of at least 4 members (excludes halogenated alkanes) is 36. The van der Waals surface area contributed by atoms with Crippen molar-refractivity contribution in [3.8, 4) is 0 Å². The number of phosphoric ester groups is 2. The number of aliphatic hydroxyl groups excluding tert-OH is 1. The second kappa shape index (κ2) is 66.6.